The van der Waals surface area contributed by atoms with E-state index in [0.29, 0.717) is 0 Å². The molecule has 3 aromatic rings. The first-order valence-electron chi connectivity index (χ1n) is 8.15. The second-order valence-electron chi connectivity index (χ2n) is 6.44. The van der Waals surface area contributed by atoms with Crippen LogP contribution >= 0.6 is 11.5 Å². The lowest BCUT2D eigenvalue weighted by atomic mass is 9.99. The fourth-order valence-electron chi connectivity index (χ4n) is 3.10. The molecule has 0 radical (unpaired) electrons. The summed E-state index contributed by atoms with van der Waals surface area (Å²) in [6.07, 6.45) is 4.14. The first kappa shape index (κ1) is 14.6. The molecule has 1 aliphatic heterocycles. The summed E-state index contributed by atoms with van der Waals surface area (Å²) in [4.78, 5) is 11.5. The van der Waals surface area contributed by atoms with Gasteiger partial charge in [0.2, 0.25) is 0 Å². The van der Waals surface area contributed by atoms with Gasteiger partial charge in [0, 0.05) is 18.7 Å². The van der Waals surface area contributed by atoms with Gasteiger partial charge in [-0.25, -0.2) is 9.97 Å². The largest absolute Gasteiger partial charge is 0.355 e. The second-order valence-corrected chi connectivity index (χ2v) is 7.22. The number of aromatic nitrogens is 3. The van der Waals surface area contributed by atoms with Crippen molar-refractivity contribution in [2.75, 3.05) is 18.0 Å². The first-order valence-corrected chi connectivity index (χ1v) is 8.92. The van der Waals surface area contributed by atoms with Crippen LogP contribution in [0.25, 0.3) is 21.5 Å². The molecule has 23 heavy (non-hydrogen) atoms. The average Bonchev–Trinajstić information content (AvgIpc) is 3.00. The molecule has 2 aromatic heterocycles. The van der Waals surface area contributed by atoms with E-state index < -0.39 is 0 Å². The molecule has 1 aliphatic rings. The van der Waals surface area contributed by atoms with Gasteiger partial charge in [0.25, 0.3) is 0 Å². The van der Waals surface area contributed by atoms with Crippen LogP contribution in [0.4, 0.5) is 5.82 Å². The summed E-state index contributed by atoms with van der Waals surface area (Å²) in [5, 5.41) is 0. The molecule has 4 nitrogen and oxygen atoms in total. The number of benzene rings is 1. The number of piperidine rings is 1. The Labute approximate surface area is 140 Å². The van der Waals surface area contributed by atoms with E-state index in [1.807, 2.05) is 0 Å². The van der Waals surface area contributed by atoms with Crippen LogP contribution in [0.1, 0.15) is 25.3 Å². The number of rotatable bonds is 2. The van der Waals surface area contributed by atoms with Crippen molar-refractivity contribution in [3.05, 3.63) is 36.2 Å². The fourth-order valence-corrected chi connectivity index (χ4v) is 3.97. The molecule has 0 bridgehead atoms. The van der Waals surface area contributed by atoms with Crippen molar-refractivity contribution in [2.24, 2.45) is 5.92 Å². The van der Waals surface area contributed by atoms with Crippen LogP contribution in [0, 0.1) is 12.8 Å². The Morgan fingerprint density at radius 3 is 2.57 bits per heavy atom. The second kappa shape index (κ2) is 5.89. The molecular formula is C18H20N4S. The van der Waals surface area contributed by atoms with E-state index in [9.17, 15) is 0 Å². The Balaban J connectivity index is 1.76. The number of hydrogen-bond donors (Lipinski definition) is 0. The van der Waals surface area contributed by atoms with Crippen molar-refractivity contribution in [1.82, 2.24) is 14.3 Å². The van der Waals surface area contributed by atoms with Gasteiger partial charge in [-0.05, 0) is 37.2 Å². The minimum atomic E-state index is 0.813. The Kier molecular flexibility index (Phi) is 3.73. The van der Waals surface area contributed by atoms with Gasteiger partial charge in [0.15, 0.2) is 5.82 Å². The molecule has 0 N–H and O–H groups in total. The molecule has 0 spiro atoms. The molecule has 1 fully saturated rings. The van der Waals surface area contributed by atoms with Crippen LogP contribution in [0.15, 0.2) is 30.6 Å². The maximum atomic E-state index is 4.68. The van der Waals surface area contributed by atoms with Crippen molar-refractivity contribution in [3.8, 4) is 11.3 Å². The summed E-state index contributed by atoms with van der Waals surface area (Å²) in [5.74, 6) is 1.87. The molecule has 5 heteroatoms. The monoisotopic (exact) mass is 324 g/mol. The van der Waals surface area contributed by atoms with E-state index in [0.717, 1.165) is 46.3 Å². The lowest BCUT2D eigenvalue weighted by Gasteiger charge is -2.31. The number of hydrogen-bond acceptors (Lipinski definition) is 5. The summed E-state index contributed by atoms with van der Waals surface area (Å²) >= 11 is 1.52. The lowest BCUT2D eigenvalue weighted by Crippen LogP contribution is -2.33. The third kappa shape index (κ3) is 2.70. The van der Waals surface area contributed by atoms with Crippen LogP contribution in [-0.4, -0.2) is 27.4 Å². The van der Waals surface area contributed by atoms with Crippen LogP contribution in [0.2, 0.25) is 0 Å². The highest BCUT2D eigenvalue weighted by Crippen LogP contribution is 2.35. The SMILES string of the molecule is Cc1ccc(-c2nsc3c(N4CCC(C)CC4)ncnc23)cc1. The maximum absolute atomic E-state index is 4.68. The summed E-state index contributed by atoms with van der Waals surface area (Å²) in [7, 11) is 0. The zero-order valence-corrected chi connectivity index (χ0v) is 14.3. The molecule has 0 unspecified atom stereocenters. The van der Waals surface area contributed by atoms with Crippen molar-refractivity contribution in [2.45, 2.75) is 26.7 Å². The van der Waals surface area contributed by atoms with Crippen LogP contribution in [-0.2, 0) is 0 Å². The molecule has 1 saturated heterocycles. The van der Waals surface area contributed by atoms with Crippen LogP contribution in [0.3, 0.4) is 0 Å². The normalized spacial score (nSPS) is 16.2. The Morgan fingerprint density at radius 1 is 1.09 bits per heavy atom. The maximum Gasteiger partial charge on any atom is 0.151 e. The summed E-state index contributed by atoms with van der Waals surface area (Å²) in [6.45, 7) is 6.58. The van der Waals surface area contributed by atoms with E-state index in [4.69, 9.17) is 0 Å². The zero-order chi connectivity index (χ0) is 15.8. The Bertz CT molecular complexity index is 817. The molecular weight excluding hydrogens is 304 g/mol. The minimum absolute atomic E-state index is 0.813. The van der Waals surface area contributed by atoms with Gasteiger partial charge in [-0.15, -0.1) is 0 Å². The van der Waals surface area contributed by atoms with E-state index in [-0.39, 0.29) is 0 Å². The molecule has 0 aliphatic carbocycles. The lowest BCUT2D eigenvalue weighted by molar-refractivity contribution is 0.437. The highest BCUT2D eigenvalue weighted by Gasteiger charge is 2.21. The number of nitrogens with zero attached hydrogens (tertiary/aromatic N) is 4. The van der Waals surface area contributed by atoms with Gasteiger partial charge < -0.3 is 4.90 Å². The quantitative estimate of drug-likeness (QED) is 0.705. The van der Waals surface area contributed by atoms with Crippen molar-refractivity contribution >= 4 is 27.6 Å². The van der Waals surface area contributed by atoms with Gasteiger partial charge in [-0.1, -0.05) is 36.8 Å². The number of fused-ring (bicyclic) bond motifs is 1. The third-order valence-corrected chi connectivity index (χ3v) is 5.48. The number of anilines is 1. The Hall–Kier alpha value is -2.01. The summed E-state index contributed by atoms with van der Waals surface area (Å²) in [5.41, 5.74) is 4.33. The molecule has 4 rings (SSSR count). The van der Waals surface area contributed by atoms with E-state index in [2.05, 4.69) is 57.4 Å². The first-order chi connectivity index (χ1) is 11.2. The minimum Gasteiger partial charge on any atom is -0.355 e. The average molecular weight is 324 g/mol. The van der Waals surface area contributed by atoms with Gasteiger partial charge >= 0.3 is 0 Å². The van der Waals surface area contributed by atoms with Gasteiger partial charge in [0.1, 0.15) is 22.2 Å². The fraction of sp³-hybridized carbons (Fsp3) is 0.389. The van der Waals surface area contributed by atoms with E-state index in [1.54, 1.807) is 6.33 Å². The van der Waals surface area contributed by atoms with E-state index >= 15 is 0 Å². The van der Waals surface area contributed by atoms with Gasteiger partial charge in [-0.3, -0.25) is 0 Å². The highest BCUT2D eigenvalue weighted by molar-refractivity contribution is 7.14. The zero-order valence-electron chi connectivity index (χ0n) is 13.5. The van der Waals surface area contributed by atoms with Crippen molar-refractivity contribution in [1.29, 1.82) is 0 Å². The van der Waals surface area contributed by atoms with E-state index in [1.165, 1.54) is 29.9 Å². The molecule has 3 heterocycles. The predicted octanol–water partition coefficient (Wildman–Crippen LogP) is 4.30. The molecule has 0 atom stereocenters. The Morgan fingerprint density at radius 2 is 1.83 bits per heavy atom. The molecule has 0 saturated carbocycles. The third-order valence-electron chi connectivity index (χ3n) is 4.65. The van der Waals surface area contributed by atoms with Crippen LogP contribution in [0.5, 0.6) is 0 Å². The highest BCUT2D eigenvalue weighted by atomic mass is 32.1. The van der Waals surface area contributed by atoms with Gasteiger partial charge in [-0.2, -0.15) is 4.37 Å². The van der Waals surface area contributed by atoms with Crippen LogP contribution < -0.4 is 4.90 Å². The van der Waals surface area contributed by atoms with Gasteiger partial charge in [0.05, 0.1) is 0 Å². The summed E-state index contributed by atoms with van der Waals surface area (Å²) in [6, 6.07) is 8.48. The van der Waals surface area contributed by atoms with Crippen molar-refractivity contribution in [3.63, 3.8) is 0 Å². The predicted molar refractivity (Wildman–Crippen MR) is 96.0 cm³/mol. The topological polar surface area (TPSA) is 41.9 Å². The van der Waals surface area contributed by atoms with Crippen molar-refractivity contribution < 1.29 is 0 Å². The standard InChI is InChI=1S/C18H20N4S/c1-12-3-5-14(6-4-12)15-16-17(23-21-15)18(20-11-19-16)22-9-7-13(2)8-10-22/h3-6,11,13H,7-10H2,1-2H3. The smallest absolute Gasteiger partial charge is 0.151 e. The molecule has 1 aromatic carbocycles. The molecule has 118 valence electrons. The number of aryl methyl sites for hydroxylation is 1. The molecule has 0 amide bonds. The summed E-state index contributed by atoms with van der Waals surface area (Å²) < 4.78 is 5.79.